The molecule has 1 atom stereocenters. The highest BCUT2D eigenvalue weighted by molar-refractivity contribution is 6.32. The maximum Gasteiger partial charge on any atom is 0.137 e. The zero-order valence-corrected chi connectivity index (χ0v) is 11.9. The van der Waals surface area contributed by atoms with Gasteiger partial charge in [0.2, 0.25) is 0 Å². The van der Waals surface area contributed by atoms with Gasteiger partial charge in [0.15, 0.2) is 0 Å². The summed E-state index contributed by atoms with van der Waals surface area (Å²) in [4.78, 5) is 0. The molecule has 1 aromatic carbocycles. The van der Waals surface area contributed by atoms with E-state index in [-0.39, 0.29) is 11.5 Å². The molecule has 0 bridgehead atoms. The maximum atomic E-state index is 6.23. The van der Waals surface area contributed by atoms with Gasteiger partial charge in [0.05, 0.1) is 25.3 Å². The van der Waals surface area contributed by atoms with Crippen molar-refractivity contribution in [3.05, 3.63) is 28.3 Å². The lowest BCUT2D eigenvalue weighted by atomic mass is 9.72. The number of hydrogen-bond donors (Lipinski definition) is 1. The van der Waals surface area contributed by atoms with Crippen LogP contribution in [0.5, 0.6) is 5.75 Å². The fraction of sp³-hybridized carbons (Fsp3) is 0.571. The van der Waals surface area contributed by atoms with Gasteiger partial charge >= 0.3 is 0 Å². The molecule has 1 aliphatic heterocycles. The highest BCUT2D eigenvalue weighted by atomic mass is 35.5. The predicted octanol–water partition coefficient (Wildman–Crippen LogP) is 2.66. The second-order valence-corrected chi connectivity index (χ2v) is 5.66. The second-order valence-electron chi connectivity index (χ2n) is 5.26. The van der Waals surface area contributed by atoms with Crippen LogP contribution in [0.15, 0.2) is 12.1 Å². The Morgan fingerprint density at radius 1 is 1.50 bits per heavy atom. The summed E-state index contributed by atoms with van der Waals surface area (Å²) in [6, 6.07) is 4.13. The number of rotatable bonds is 4. The van der Waals surface area contributed by atoms with Gasteiger partial charge in [-0.3, -0.25) is 0 Å². The summed E-state index contributed by atoms with van der Waals surface area (Å²) in [6.45, 7) is 5.55. The van der Waals surface area contributed by atoms with E-state index in [1.165, 1.54) is 11.1 Å². The van der Waals surface area contributed by atoms with Crippen LogP contribution in [0.2, 0.25) is 5.02 Å². The molecule has 0 aromatic heterocycles. The van der Waals surface area contributed by atoms with E-state index in [1.807, 2.05) is 19.1 Å². The summed E-state index contributed by atoms with van der Waals surface area (Å²) in [6.07, 6.45) is 0.913. The summed E-state index contributed by atoms with van der Waals surface area (Å²) in [7, 11) is 1.63. The van der Waals surface area contributed by atoms with Crippen LogP contribution in [0.3, 0.4) is 0 Å². The summed E-state index contributed by atoms with van der Waals surface area (Å²) in [5.41, 5.74) is 8.39. The van der Waals surface area contributed by atoms with E-state index in [1.54, 1.807) is 7.11 Å². The van der Waals surface area contributed by atoms with Crippen LogP contribution in [0.1, 0.15) is 24.5 Å². The fourth-order valence-corrected chi connectivity index (χ4v) is 2.97. The van der Waals surface area contributed by atoms with Crippen LogP contribution in [0.25, 0.3) is 0 Å². The van der Waals surface area contributed by atoms with Crippen LogP contribution in [-0.4, -0.2) is 26.4 Å². The molecule has 2 rings (SSSR count). The minimum Gasteiger partial charge on any atom is -0.495 e. The van der Waals surface area contributed by atoms with Crippen LogP contribution >= 0.6 is 11.6 Å². The molecule has 0 amide bonds. The molecule has 0 saturated carbocycles. The van der Waals surface area contributed by atoms with Crippen LogP contribution in [-0.2, 0) is 10.2 Å². The van der Waals surface area contributed by atoms with E-state index in [0.717, 1.165) is 19.6 Å². The largest absolute Gasteiger partial charge is 0.495 e. The lowest BCUT2D eigenvalue weighted by Crippen LogP contribution is -2.50. The predicted molar refractivity (Wildman–Crippen MR) is 73.5 cm³/mol. The topological polar surface area (TPSA) is 44.5 Å². The Bertz CT molecular complexity index is 442. The van der Waals surface area contributed by atoms with Gasteiger partial charge in [-0.2, -0.15) is 0 Å². The third-order valence-electron chi connectivity index (χ3n) is 3.54. The average Bonchev–Trinajstić information content (AvgIpc) is 2.26. The zero-order chi connectivity index (χ0) is 13.3. The molecule has 1 aliphatic rings. The SMILES string of the molecule is COc1cc(C)c(C2(CC(C)N)COC2)cc1Cl. The standard InChI is InChI=1S/C14H20ClNO2/c1-9-4-13(17-3)12(15)5-11(9)14(6-10(2)16)7-18-8-14/h4-5,10H,6-8,16H2,1-3H3. The van der Waals surface area contributed by atoms with Gasteiger partial charge in [-0.05, 0) is 43.5 Å². The van der Waals surface area contributed by atoms with Crippen molar-refractivity contribution in [2.75, 3.05) is 20.3 Å². The second kappa shape index (κ2) is 5.08. The van der Waals surface area contributed by atoms with Crippen molar-refractivity contribution in [1.82, 2.24) is 0 Å². The van der Waals surface area contributed by atoms with E-state index in [2.05, 4.69) is 6.92 Å². The smallest absolute Gasteiger partial charge is 0.137 e. The molecule has 1 saturated heterocycles. The Hall–Kier alpha value is -0.770. The first kappa shape index (κ1) is 13.7. The van der Waals surface area contributed by atoms with Gasteiger partial charge in [0.25, 0.3) is 0 Å². The van der Waals surface area contributed by atoms with E-state index in [0.29, 0.717) is 10.8 Å². The summed E-state index contributed by atoms with van der Waals surface area (Å²) in [5.74, 6) is 0.717. The minimum absolute atomic E-state index is 0.0220. The van der Waals surface area contributed by atoms with E-state index >= 15 is 0 Å². The number of aryl methyl sites for hydroxylation is 1. The quantitative estimate of drug-likeness (QED) is 0.914. The van der Waals surface area contributed by atoms with Crippen molar-refractivity contribution >= 4 is 11.6 Å². The first-order valence-electron chi connectivity index (χ1n) is 6.16. The third-order valence-corrected chi connectivity index (χ3v) is 3.83. The molecule has 18 heavy (non-hydrogen) atoms. The molecule has 0 radical (unpaired) electrons. The number of hydrogen-bond acceptors (Lipinski definition) is 3. The lowest BCUT2D eigenvalue weighted by molar-refractivity contribution is -0.0668. The third kappa shape index (κ3) is 2.35. The lowest BCUT2D eigenvalue weighted by Gasteiger charge is -2.44. The van der Waals surface area contributed by atoms with E-state index in [4.69, 9.17) is 26.8 Å². The maximum absolute atomic E-state index is 6.23. The normalized spacial score (nSPS) is 19.2. The average molecular weight is 270 g/mol. The molecule has 2 N–H and O–H groups in total. The molecule has 100 valence electrons. The first-order chi connectivity index (χ1) is 8.48. The molecular formula is C14H20ClNO2. The van der Waals surface area contributed by atoms with Crippen LogP contribution in [0, 0.1) is 6.92 Å². The van der Waals surface area contributed by atoms with Crippen LogP contribution < -0.4 is 10.5 Å². The van der Waals surface area contributed by atoms with E-state index in [9.17, 15) is 0 Å². The van der Waals surface area contributed by atoms with Crippen molar-refractivity contribution in [3.63, 3.8) is 0 Å². The number of halogens is 1. The minimum atomic E-state index is 0.0220. The number of nitrogens with two attached hydrogens (primary N) is 1. The van der Waals surface area contributed by atoms with Gasteiger partial charge in [-0.25, -0.2) is 0 Å². The Morgan fingerprint density at radius 3 is 2.61 bits per heavy atom. The summed E-state index contributed by atoms with van der Waals surface area (Å²) in [5, 5.41) is 0.647. The molecule has 0 spiro atoms. The number of methoxy groups -OCH3 is 1. The van der Waals surface area contributed by atoms with E-state index < -0.39 is 0 Å². The Balaban J connectivity index is 2.40. The molecule has 4 heteroatoms. The molecule has 1 heterocycles. The van der Waals surface area contributed by atoms with Gasteiger partial charge in [-0.15, -0.1) is 0 Å². The van der Waals surface area contributed by atoms with Crippen molar-refractivity contribution in [2.45, 2.75) is 31.7 Å². The van der Waals surface area contributed by atoms with Crippen molar-refractivity contribution < 1.29 is 9.47 Å². The Labute approximate surface area is 113 Å². The summed E-state index contributed by atoms with van der Waals surface area (Å²) < 4.78 is 10.7. The Morgan fingerprint density at radius 2 is 2.17 bits per heavy atom. The first-order valence-corrected chi connectivity index (χ1v) is 6.54. The number of benzene rings is 1. The van der Waals surface area contributed by atoms with Crippen molar-refractivity contribution in [1.29, 1.82) is 0 Å². The summed E-state index contributed by atoms with van der Waals surface area (Å²) >= 11 is 6.23. The number of ether oxygens (including phenoxy) is 2. The monoisotopic (exact) mass is 269 g/mol. The molecular weight excluding hydrogens is 250 g/mol. The highest BCUT2D eigenvalue weighted by Crippen LogP contribution is 2.41. The Kier molecular flexibility index (Phi) is 3.85. The fourth-order valence-electron chi connectivity index (χ4n) is 2.73. The van der Waals surface area contributed by atoms with Gasteiger partial charge in [-0.1, -0.05) is 11.6 Å². The van der Waals surface area contributed by atoms with Gasteiger partial charge in [0.1, 0.15) is 5.75 Å². The molecule has 1 aromatic rings. The van der Waals surface area contributed by atoms with Gasteiger partial charge < -0.3 is 15.2 Å². The molecule has 1 unspecified atom stereocenters. The van der Waals surface area contributed by atoms with Crippen molar-refractivity contribution in [3.8, 4) is 5.75 Å². The van der Waals surface area contributed by atoms with Crippen LogP contribution in [0.4, 0.5) is 0 Å². The molecule has 0 aliphatic carbocycles. The molecule has 3 nitrogen and oxygen atoms in total. The van der Waals surface area contributed by atoms with Gasteiger partial charge in [0, 0.05) is 11.5 Å². The zero-order valence-electron chi connectivity index (χ0n) is 11.1. The highest BCUT2D eigenvalue weighted by Gasteiger charge is 2.42. The van der Waals surface area contributed by atoms with Crippen molar-refractivity contribution in [2.24, 2.45) is 5.73 Å². The molecule has 1 fully saturated rings.